The van der Waals surface area contributed by atoms with Gasteiger partial charge >= 0.3 is 0 Å². The van der Waals surface area contributed by atoms with E-state index in [1.807, 2.05) is 37.3 Å². The molecule has 0 aliphatic heterocycles. The number of hydrogen-bond acceptors (Lipinski definition) is 3. The second-order valence-electron chi connectivity index (χ2n) is 3.99. The van der Waals surface area contributed by atoms with E-state index in [1.165, 1.54) is 0 Å². The molecule has 2 nitrogen and oxygen atoms in total. The van der Waals surface area contributed by atoms with Gasteiger partial charge in [-0.3, -0.25) is 0 Å². The van der Waals surface area contributed by atoms with Gasteiger partial charge in [0, 0.05) is 4.88 Å². The molecule has 0 aliphatic rings. The number of nitrogens with two attached hydrogens (primary N) is 1. The maximum atomic E-state index is 6.08. The fourth-order valence-corrected chi connectivity index (χ4v) is 2.50. The average Bonchev–Trinajstić information content (AvgIpc) is 2.85. The third-order valence-electron chi connectivity index (χ3n) is 2.43. The van der Waals surface area contributed by atoms with E-state index in [0.29, 0.717) is 23.9 Å². The Kier molecular flexibility index (Phi) is 4.86. The van der Waals surface area contributed by atoms with Gasteiger partial charge in [-0.2, -0.15) is 0 Å². The van der Waals surface area contributed by atoms with Gasteiger partial charge in [0.2, 0.25) is 0 Å². The molecule has 2 rings (SSSR count). The molecule has 0 saturated carbocycles. The minimum Gasteiger partial charge on any atom is -0.486 e. The topological polar surface area (TPSA) is 35.2 Å². The summed E-state index contributed by atoms with van der Waals surface area (Å²) in [6, 6.07) is 9.73. The van der Waals surface area contributed by atoms with Crippen LogP contribution in [0.2, 0.25) is 5.02 Å². The van der Waals surface area contributed by atoms with Crippen LogP contribution >= 0.6 is 22.9 Å². The van der Waals surface area contributed by atoms with Crippen molar-refractivity contribution in [3.8, 4) is 17.6 Å². The molecular formula is C15H14ClNOS. The van der Waals surface area contributed by atoms with Gasteiger partial charge in [-0.15, -0.1) is 11.3 Å². The lowest BCUT2D eigenvalue weighted by Crippen LogP contribution is -1.93. The van der Waals surface area contributed by atoms with E-state index in [9.17, 15) is 0 Å². The first-order valence-electron chi connectivity index (χ1n) is 5.85. The van der Waals surface area contributed by atoms with E-state index in [4.69, 9.17) is 22.1 Å². The highest BCUT2D eigenvalue weighted by atomic mass is 35.5. The highest BCUT2D eigenvalue weighted by Gasteiger charge is 2.04. The SMILES string of the molecule is Cc1ccc(Cl)c(OCc2ccc(C#CCN)s2)c1. The Morgan fingerprint density at radius 2 is 2.16 bits per heavy atom. The van der Waals surface area contributed by atoms with Crippen molar-refractivity contribution in [2.45, 2.75) is 13.5 Å². The molecule has 0 aliphatic carbocycles. The van der Waals surface area contributed by atoms with Crippen molar-refractivity contribution in [2.75, 3.05) is 6.54 Å². The van der Waals surface area contributed by atoms with E-state index < -0.39 is 0 Å². The van der Waals surface area contributed by atoms with Gasteiger partial charge in [0.25, 0.3) is 0 Å². The Balaban J connectivity index is 2.02. The summed E-state index contributed by atoms with van der Waals surface area (Å²) in [5.41, 5.74) is 6.47. The van der Waals surface area contributed by atoms with E-state index >= 15 is 0 Å². The van der Waals surface area contributed by atoms with Crippen LogP contribution in [0.15, 0.2) is 30.3 Å². The Labute approximate surface area is 122 Å². The Morgan fingerprint density at radius 1 is 1.32 bits per heavy atom. The molecule has 0 saturated heterocycles. The molecule has 0 unspecified atom stereocenters. The molecule has 1 aromatic carbocycles. The van der Waals surface area contributed by atoms with Crippen LogP contribution in [0.4, 0.5) is 0 Å². The van der Waals surface area contributed by atoms with E-state index in [1.54, 1.807) is 11.3 Å². The second-order valence-corrected chi connectivity index (χ2v) is 5.57. The zero-order valence-electron chi connectivity index (χ0n) is 10.6. The molecule has 0 radical (unpaired) electrons. The number of hydrogen-bond donors (Lipinski definition) is 1. The molecule has 98 valence electrons. The summed E-state index contributed by atoms with van der Waals surface area (Å²) >= 11 is 7.68. The maximum Gasteiger partial charge on any atom is 0.138 e. The smallest absolute Gasteiger partial charge is 0.138 e. The number of halogens is 1. The molecule has 4 heteroatoms. The van der Waals surface area contributed by atoms with Crippen molar-refractivity contribution in [1.29, 1.82) is 0 Å². The van der Waals surface area contributed by atoms with Gasteiger partial charge in [-0.25, -0.2) is 0 Å². The van der Waals surface area contributed by atoms with Crippen LogP contribution in [0, 0.1) is 18.8 Å². The Bertz CT molecular complexity index is 625. The summed E-state index contributed by atoms with van der Waals surface area (Å²) < 4.78 is 5.73. The first-order valence-corrected chi connectivity index (χ1v) is 7.05. The normalized spacial score (nSPS) is 9.84. The van der Waals surface area contributed by atoms with Crippen molar-refractivity contribution in [3.63, 3.8) is 0 Å². The largest absolute Gasteiger partial charge is 0.486 e. The van der Waals surface area contributed by atoms with Crippen LogP contribution < -0.4 is 10.5 Å². The minimum absolute atomic E-state index is 0.378. The predicted molar refractivity (Wildman–Crippen MR) is 80.8 cm³/mol. The molecular weight excluding hydrogens is 278 g/mol. The third-order valence-corrected chi connectivity index (χ3v) is 3.72. The first kappa shape index (κ1) is 14.0. The van der Waals surface area contributed by atoms with Crippen LogP contribution in [0.25, 0.3) is 0 Å². The molecule has 0 spiro atoms. The molecule has 2 aromatic rings. The lowest BCUT2D eigenvalue weighted by Gasteiger charge is -2.07. The Hall–Kier alpha value is -1.47. The molecule has 2 N–H and O–H groups in total. The molecule has 0 fully saturated rings. The summed E-state index contributed by atoms with van der Waals surface area (Å²) in [5.74, 6) is 6.55. The number of rotatable bonds is 3. The average molecular weight is 292 g/mol. The number of aryl methyl sites for hydroxylation is 1. The fourth-order valence-electron chi connectivity index (χ4n) is 1.53. The summed E-state index contributed by atoms with van der Waals surface area (Å²) in [4.78, 5) is 2.11. The predicted octanol–water partition coefficient (Wildman–Crippen LogP) is 3.60. The van der Waals surface area contributed by atoms with Crippen LogP contribution in [0.3, 0.4) is 0 Å². The lowest BCUT2D eigenvalue weighted by molar-refractivity contribution is 0.310. The standard InChI is InChI=1S/C15H14ClNOS/c1-11-4-7-14(16)15(9-11)18-10-13-6-5-12(19-13)3-2-8-17/h4-7,9H,8,10,17H2,1H3. The highest BCUT2D eigenvalue weighted by Crippen LogP contribution is 2.27. The van der Waals surface area contributed by atoms with Crippen molar-refractivity contribution in [1.82, 2.24) is 0 Å². The van der Waals surface area contributed by atoms with Crippen molar-refractivity contribution in [3.05, 3.63) is 50.7 Å². The summed E-state index contributed by atoms with van der Waals surface area (Å²) in [7, 11) is 0. The van der Waals surface area contributed by atoms with Crippen molar-refractivity contribution >= 4 is 22.9 Å². The fraction of sp³-hybridized carbons (Fsp3) is 0.200. The van der Waals surface area contributed by atoms with Crippen molar-refractivity contribution in [2.24, 2.45) is 5.73 Å². The van der Waals surface area contributed by atoms with Gasteiger partial charge < -0.3 is 10.5 Å². The van der Waals surface area contributed by atoms with E-state index in [0.717, 1.165) is 15.3 Å². The number of benzene rings is 1. The zero-order chi connectivity index (χ0) is 13.7. The number of ether oxygens (including phenoxy) is 1. The van der Waals surface area contributed by atoms with E-state index in [-0.39, 0.29) is 0 Å². The van der Waals surface area contributed by atoms with Crippen LogP contribution in [-0.4, -0.2) is 6.54 Å². The lowest BCUT2D eigenvalue weighted by atomic mass is 10.2. The molecule has 19 heavy (non-hydrogen) atoms. The van der Waals surface area contributed by atoms with Crippen molar-refractivity contribution < 1.29 is 4.74 Å². The monoisotopic (exact) mass is 291 g/mol. The third kappa shape index (κ3) is 4.00. The van der Waals surface area contributed by atoms with Gasteiger partial charge in [0.1, 0.15) is 12.4 Å². The van der Waals surface area contributed by atoms with Crippen LogP contribution in [-0.2, 0) is 6.61 Å². The second kappa shape index (κ2) is 6.63. The molecule has 0 atom stereocenters. The van der Waals surface area contributed by atoms with Gasteiger partial charge in [0.05, 0.1) is 16.4 Å². The summed E-state index contributed by atoms with van der Waals surface area (Å²) in [5, 5.41) is 0.630. The van der Waals surface area contributed by atoms with Crippen LogP contribution in [0.1, 0.15) is 15.3 Å². The minimum atomic E-state index is 0.378. The quantitative estimate of drug-likeness (QED) is 0.877. The molecule has 1 heterocycles. The van der Waals surface area contributed by atoms with Gasteiger partial charge in [0.15, 0.2) is 0 Å². The Morgan fingerprint density at radius 3 is 2.95 bits per heavy atom. The van der Waals surface area contributed by atoms with Crippen LogP contribution in [0.5, 0.6) is 5.75 Å². The van der Waals surface area contributed by atoms with E-state index in [2.05, 4.69) is 11.8 Å². The van der Waals surface area contributed by atoms with Gasteiger partial charge in [-0.1, -0.05) is 29.5 Å². The molecule has 0 bridgehead atoms. The first-order chi connectivity index (χ1) is 9.19. The highest BCUT2D eigenvalue weighted by molar-refractivity contribution is 7.12. The zero-order valence-corrected chi connectivity index (χ0v) is 12.1. The molecule has 0 amide bonds. The number of thiophene rings is 1. The summed E-state index contributed by atoms with van der Waals surface area (Å²) in [6.45, 7) is 2.88. The summed E-state index contributed by atoms with van der Waals surface area (Å²) in [6.07, 6.45) is 0. The van der Waals surface area contributed by atoms with Gasteiger partial charge in [-0.05, 0) is 36.8 Å². The maximum absolute atomic E-state index is 6.08. The molecule has 1 aromatic heterocycles.